The molecular formula is C18H16ClN7O2. The number of amides is 2. The molecule has 2 N–H and O–H groups in total. The first-order valence-corrected chi connectivity index (χ1v) is 8.91. The summed E-state index contributed by atoms with van der Waals surface area (Å²) < 4.78 is 1.47. The third-order valence-electron chi connectivity index (χ3n) is 4.25. The maximum atomic E-state index is 12.6. The van der Waals surface area contributed by atoms with Crippen LogP contribution < -0.4 is 15.5 Å². The summed E-state index contributed by atoms with van der Waals surface area (Å²) in [6.07, 6.45) is 4.43. The summed E-state index contributed by atoms with van der Waals surface area (Å²) in [5.41, 5.74) is 1.74. The predicted octanol–water partition coefficient (Wildman–Crippen LogP) is 1.50. The lowest BCUT2D eigenvalue weighted by atomic mass is 10.2. The molecule has 2 amide bonds. The Hall–Kier alpha value is -3.46. The summed E-state index contributed by atoms with van der Waals surface area (Å²) in [6, 6.07) is 8.44. The molecular weight excluding hydrogens is 382 g/mol. The number of hydrogen-bond donors (Lipinski definition) is 2. The molecule has 4 rings (SSSR count). The van der Waals surface area contributed by atoms with E-state index in [-0.39, 0.29) is 18.4 Å². The lowest BCUT2D eigenvalue weighted by molar-refractivity contribution is -0.120. The molecule has 0 radical (unpaired) electrons. The van der Waals surface area contributed by atoms with Crippen molar-refractivity contribution in [3.8, 4) is 5.82 Å². The number of hydrogen-bond acceptors (Lipinski definition) is 6. The first kappa shape index (κ1) is 17.9. The normalized spacial score (nSPS) is 13.9. The summed E-state index contributed by atoms with van der Waals surface area (Å²) in [5, 5.41) is 10.1. The van der Waals surface area contributed by atoms with Gasteiger partial charge in [0.05, 0.1) is 17.3 Å². The van der Waals surface area contributed by atoms with Gasteiger partial charge >= 0.3 is 0 Å². The van der Waals surface area contributed by atoms with Crippen LogP contribution >= 0.6 is 11.6 Å². The molecule has 9 nitrogen and oxygen atoms in total. The van der Waals surface area contributed by atoms with Gasteiger partial charge in [0.2, 0.25) is 5.91 Å². The van der Waals surface area contributed by atoms with E-state index in [1.807, 2.05) is 4.90 Å². The van der Waals surface area contributed by atoms with Crippen molar-refractivity contribution in [3.05, 3.63) is 59.8 Å². The van der Waals surface area contributed by atoms with Gasteiger partial charge < -0.3 is 15.5 Å². The minimum Gasteiger partial charge on any atom is -0.359 e. The van der Waals surface area contributed by atoms with Crippen LogP contribution in [0.25, 0.3) is 5.82 Å². The molecule has 1 saturated heterocycles. The molecule has 10 heteroatoms. The van der Waals surface area contributed by atoms with E-state index in [4.69, 9.17) is 11.6 Å². The maximum Gasteiger partial charge on any atom is 0.255 e. The number of carbonyl (C=O) groups is 2. The zero-order chi connectivity index (χ0) is 19.5. The monoisotopic (exact) mass is 397 g/mol. The Bertz CT molecular complexity index is 1020. The number of benzene rings is 1. The molecule has 2 aromatic heterocycles. The highest BCUT2D eigenvalue weighted by molar-refractivity contribution is 6.33. The quantitative estimate of drug-likeness (QED) is 0.691. The molecule has 1 aliphatic rings. The molecule has 0 unspecified atom stereocenters. The highest BCUT2D eigenvalue weighted by atomic mass is 35.5. The van der Waals surface area contributed by atoms with Crippen LogP contribution in [0, 0.1) is 0 Å². The van der Waals surface area contributed by atoms with E-state index in [0.29, 0.717) is 35.2 Å². The number of nitrogens with one attached hydrogen (secondary N) is 2. The molecule has 0 saturated carbocycles. The Kier molecular flexibility index (Phi) is 4.90. The van der Waals surface area contributed by atoms with Crippen molar-refractivity contribution in [1.29, 1.82) is 0 Å². The predicted molar refractivity (Wildman–Crippen MR) is 104 cm³/mol. The topological polar surface area (TPSA) is 105 Å². The van der Waals surface area contributed by atoms with Crippen LogP contribution in [0.2, 0.25) is 5.02 Å². The van der Waals surface area contributed by atoms with E-state index in [1.54, 1.807) is 30.3 Å². The lowest BCUT2D eigenvalue weighted by Crippen LogP contribution is -2.47. The number of nitrogens with zero attached hydrogens (tertiary/aromatic N) is 5. The van der Waals surface area contributed by atoms with Gasteiger partial charge in [-0.2, -0.15) is 5.10 Å². The minimum atomic E-state index is -0.301. The van der Waals surface area contributed by atoms with Crippen molar-refractivity contribution in [2.75, 3.05) is 29.9 Å². The molecule has 3 aromatic rings. The largest absolute Gasteiger partial charge is 0.359 e. The van der Waals surface area contributed by atoms with Crippen LogP contribution in [-0.4, -0.2) is 51.2 Å². The fourth-order valence-electron chi connectivity index (χ4n) is 2.90. The molecule has 0 aliphatic carbocycles. The van der Waals surface area contributed by atoms with Gasteiger partial charge in [-0.1, -0.05) is 11.6 Å². The molecule has 0 atom stereocenters. The smallest absolute Gasteiger partial charge is 0.255 e. The molecule has 0 bridgehead atoms. The number of rotatable bonds is 4. The first-order chi connectivity index (χ1) is 13.6. The van der Waals surface area contributed by atoms with Crippen LogP contribution in [0.4, 0.5) is 11.4 Å². The molecule has 1 fully saturated rings. The average Bonchev–Trinajstić information content (AvgIpc) is 3.23. The van der Waals surface area contributed by atoms with E-state index < -0.39 is 0 Å². The van der Waals surface area contributed by atoms with Gasteiger partial charge in [0.15, 0.2) is 5.82 Å². The number of piperazine rings is 1. The Morgan fingerprint density at radius 1 is 1.25 bits per heavy atom. The average molecular weight is 398 g/mol. The number of anilines is 2. The summed E-state index contributed by atoms with van der Waals surface area (Å²) in [6.45, 7) is 1.51. The molecule has 28 heavy (non-hydrogen) atoms. The van der Waals surface area contributed by atoms with Crippen molar-refractivity contribution >= 4 is 34.8 Å². The molecule has 3 heterocycles. The van der Waals surface area contributed by atoms with E-state index in [2.05, 4.69) is 25.7 Å². The van der Waals surface area contributed by atoms with E-state index in [1.165, 1.54) is 23.5 Å². The first-order valence-electron chi connectivity index (χ1n) is 8.54. The highest BCUT2D eigenvalue weighted by Gasteiger charge is 2.19. The molecule has 142 valence electrons. The SMILES string of the molecule is O=C1CN(c2ccc(NC(=O)c3ccnc(-n4cncn4)c3)cc2Cl)CCN1. The Morgan fingerprint density at radius 3 is 2.89 bits per heavy atom. The van der Waals surface area contributed by atoms with Gasteiger partial charge in [-0.05, 0) is 30.3 Å². The van der Waals surface area contributed by atoms with Gasteiger partial charge in [0.1, 0.15) is 12.7 Å². The zero-order valence-corrected chi connectivity index (χ0v) is 15.4. The van der Waals surface area contributed by atoms with Gasteiger partial charge in [0.25, 0.3) is 5.91 Å². The molecule has 1 aliphatic heterocycles. The molecule has 1 aromatic carbocycles. The van der Waals surface area contributed by atoms with Crippen LogP contribution in [0.1, 0.15) is 10.4 Å². The third kappa shape index (κ3) is 3.79. The summed E-state index contributed by atoms with van der Waals surface area (Å²) >= 11 is 6.38. The summed E-state index contributed by atoms with van der Waals surface area (Å²) in [5.74, 6) is 0.146. The van der Waals surface area contributed by atoms with E-state index >= 15 is 0 Å². The van der Waals surface area contributed by atoms with Crippen LogP contribution in [0.15, 0.2) is 49.2 Å². The van der Waals surface area contributed by atoms with Gasteiger partial charge in [-0.25, -0.2) is 14.6 Å². The minimum absolute atomic E-state index is 0.0411. The third-order valence-corrected chi connectivity index (χ3v) is 4.55. The maximum absolute atomic E-state index is 12.6. The number of aromatic nitrogens is 4. The van der Waals surface area contributed by atoms with E-state index in [9.17, 15) is 9.59 Å². The van der Waals surface area contributed by atoms with Crippen LogP contribution in [0.3, 0.4) is 0 Å². The fraction of sp³-hybridized carbons (Fsp3) is 0.167. The Labute approximate surface area is 165 Å². The van der Waals surface area contributed by atoms with E-state index in [0.717, 1.165) is 5.69 Å². The summed E-state index contributed by atoms with van der Waals surface area (Å²) in [4.78, 5) is 34.1. The van der Waals surface area contributed by atoms with Crippen molar-refractivity contribution in [2.45, 2.75) is 0 Å². The molecule has 0 spiro atoms. The van der Waals surface area contributed by atoms with Crippen LogP contribution in [-0.2, 0) is 4.79 Å². The second-order valence-electron chi connectivity index (χ2n) is 6.13. The number of carbonyl (C=O) groups excluding carboxylic acids is 2. The standard InChI is InChI=1S/C18H16ClN7O2/c19-14-8-13(1-2-15(14)25-6-5-22-17(27)9-25)24-18(28)12-3-4-21-16(7-12)26-11-20-10-23-26/h1-4,7-8,10-11H,5-6,9H2,(H,22,27)(H,24,28). The van der Waals surface area contributed by atoms with Gasteiger partial charge in [-0.15, -0.1) is 0 Å². The second kappa shape index (κ2) is 7.65. The number of pyridine rings is 1. The van der Waals surface area contributed by atoms with Gasteiger partial charge in [0, 0.05) is 30.5 Å². The highest BCUT2D eigenvalue weighted by Crippen LogP contribution is 2.29. The van der Waals surface area contributed by atoms with Crippen LogP contribution in [0.5, 0.6) is 0 Å². The second-order valence-corrected chi connectivity index (χ2v) is 6.54. The van der Waals surface area contributed by atoms with Crippen molar-refractivity contribution in [1.82, 2.24) is 25.1 Å². The van der Waals surface area contributed by atoms with Crippen molar-refractivity contribution < 1.29 is 9.59 Å². The van der Waals surface area contributed by atoms with Crippen molar-refractivity contribution in [2.24, 2.45) is 0 Å². The zero-order valence-electron chi connectivity index (χ0n) is 14.7. The summed E-state index contributed by atoms with van der Waals surface area (Å²) in [7, 11) is 0. The van der Waals surface area contributed by atoms with Crippen molar-refractivity contribution in [3.63, 3.8) is 0 Å². The lowest BCUT2D eigenvalue weighted by Gasteiger charge is -2.29. The Morgan fingerprint density at radius 2 is 2.14 bits per heavy atom. The Balaban J connectivity index is 1.50. The fourth-order valence-corrected chi connectivity index (χ4v) is 3.20. The number of halogens is 1. The van der Waals surface area contributed by atoms with Gasteiger partial charge in [-0.3, -0.25) is 9.59 Å².